The minimum atomic E-state index is 0.0630. The van der Waals surface area contributed by atoms with Gasteiger partial charge in [0, 0.05) is 24.2 Å². The van der Waals surface area contributed by atoms with Crippen LogP contribution in [0.3, 0.4) is 0 Å². The molecule has 1 heterocycles. The molecule has 104 valence electrons. The first-order valence-electron chi connectivity index (χ1n) is 7.04. The normalized spacial score (nSPS) is 18.9. The van der Waals surface area contributed by atoms with E-state index in [1.807, 2.05) is 31.2 Å². The Balaban J connectivity index is 1.85. The van der Waals surface area contributed by atoms with Crippen molar-refractivity contribution in [1.82, 2.24) is 5.32 Å². The molecule has 19 heavy (non-hydrogen) atoms. The Morgan fingerprint density at radius 3 is 3.11 bits per heavy atom. The Hall–Kier alpha value is -1.55. The first-order valence-corrected chi connectivity index (χ1v) is 7.04. The summed E-state index contributed by atoms with van der Waals surface area (Å²) < 4.78 is 5.41. The summed E-state index contributed by atoms with van der Waals surface area (Å²) in [5, 5.41) is 6.31. The van der Waals surface area contributed by atoms with Gasteiger partial charge in [-0.15, -0.1) is 0 Å². The van der Waals surface area contributed by atoms with Gasteiger partial charge in [0.05, 0.1) is 6.61 Å². The molecule has 0 aromatic heterocycles. The lowest BCUT2D eigenvalue weighted by molar-refractivity contribution is -0.116. The fraction of sp³-hybridized carbons (Fsp3) is 0.533. The number of amides is 1. The second kappa shape index (κ2) is 7.14. The molecule has 1 unspecified atom stereocenters. The van der Waals surface area contributed by atoms with Crippen LogP contribution in [0.2, 0.25) is 0 Å². The Labute approximate surface area is 114 Å². The summed E-state index contributed by atoms with van der Waals surface area (Å²) in [7, 11) is 0. The summed E-state index contributed by atoms with van der Waals surface area (Å²) in [5.41, 5.74) is 0.798. The van der Waals surface area contributed by atoms with Crippen molar-refractivity contribution in [3.05, 3.63) is 24.3 Å². The van der Waals surface area contributed by atoms with Gasteiger partial charge in [-0.25, -0.2) is 0 Å². The average Bonchev–Trinajstić information content (AvgIpc) is 2.40. The third kappa shape index (κ3) is 4.56. The summed E-state index contributed by atoms with van der Waals surface area (Å²) in [6, 6.07) is 7.84. The number of hydrogen-bond acceptors (Lipinski definition) is 3. The number of hydrogen-bond donors (Lipinski definition) is 2. The Morgan fingerprint density at radius 2 is 2.37 bits per heavy atom. The number of anilines is 1. The standard InChI is InChI=1S/C15H22N2O2/c1-2-19-14-8-5-7-13(10-14)17-15(18)11-12-6-3-4-9-16-12/h5,7-8,10,12,16H,2-4,6,9,11H2,1H3,(H,17,18). The topological polar surface area (TPSA) is 50.4 Å². The van der Waals surface area contributed by atoms with E-state index in [0.717, 1.165) is 24.4 Å². The van der Waals surface area contributed by atoms with Crippen LogP contribution in [0.5, 0.6) is 5.75 Å². The van der Waals surface area contributed by atoms with Crippen molar-refractivity contribution in [1.29, 1.82) is 0 Å². The SMILES string of the molecule is CCOc1cccc(NC(=O)CC2CCCCN2)c1. The summed E-state index contributed by atoms with van der Waals surface area (Å²) in [4.78, 5) is 12.0. The Morgan fingerprint density at radius 1 is 1.47 bits per heavy atom. The van der Waals surface area contributed by atoms with E-state index in [2.05, 4.69) is 10.6 Å². The van der Waals surface area contributed by atoms with Gasteiger partial charge in [-0.3, -0.25) is 4.79 Å². The van der Waals surface area contributed by atoms with Crippen LogP contribution < -0.4 is 15.4 Å². The number of ether oxygens (including phenoxy) is 1. The summed E-state index contributed by atoms with van der Waals surface area (Å²) in [6.45, 7) is 3.60. The van der Waals surface area contributed by atoms with E-state index in [1.165, 1.54) is 12.8 Å². The number of nitrogens with one attached hydrogen (secondary N) is 2. The van der Waals surface area contributed by atoms with Crippen LogP contribution in [0.4, 0.5) is 5.69 Å². The molecule has 0 aliphatic carbocycles. The van der Waals surface area contributed by atoms with Gasteiger partial charge in [0.2, 0.25) is 5.91 Å². The maximum Gasteiger partial charge on any atom is 0.225 e. The molecular formula is C15H22N2O2. The molecule has 0 radical (unpaired) electrons. The Bertz CT molecular complexity index is 414. The highest BCUT2D eigenvalue weighted by Crippen LogP contribution is 2.18. The van der Waals surface area contributed by atoms with Crippen LogP contribution >= 0.6 is 0 Å². The number of carbonyl (C=O) groups is 1. The van der Waals surface area contributed by atoms with Crippen LogP contribution in [0, 0.1) is 0 Å². The molecule has 0 spiro atoms. The van der Waals surface area contributed by atoms with Gasteiger partial charge >= 0.3 is 0 Å². The van der Waals surface area contributed by atoms with Gasteiger partial charge in [0.1, 0.15) is 5.75 Å². The highest BCUT2D eigenvalue weighted by atomic mass is 16.5. The fourth-order valence-corrected chi connectivity index (χ4v) is 2.36. The third-order valence-corrected chi connectivity index (χ3v) is 3.27. The molecular weight excluding hydrogens is 240 g/mol. The summed E-state index contributed by atoms with van der Waals surface area (Å²) >= 11 is 0. The van der Waals surface area contributed by atoms with E-state index < -0.39 is 0 Å². The third-order valence-electron chi connectivity index (χ3n) is 3.27. The molecule has 2 N–H and O–H groups in total. The number of carbonyl (C=O) groups excluding carboxylic acids is 1. The average molecular weight is 262 g/mol. The summed E-state index contributed by atoms with van der Waals surface area (Å²) in [6.07, 6.45) is 4.06. The lowest BCUT2D eigenvalue weighted by Gasteiger charge is -2.22. The molecule has 0 bridgehead atoms. The van der Waals surface area contributed by atoms with Gasteiger partial charge in [0.25, 0.3) is 0 Å². The van der Waals surface area contributed by atoms with Gasteiger partial charge in [-0.05, 0) is 38.4 Å². The number of piperidine rings is 1. The first-order chi connectivity index (χ1) is 9.28. The van der Waals surface area contributed by atoms with E-state index in [0.29, 0.717) is 19.1 Å². The molecule has 4 heteroatoms. The first kappa shape index (κ1) is 13.9. The number of rotatable bonds is 5. The molecule has 1 fully saturated rings. The second-order valence-corrected chi connectivity index (χ2v) is 4.86. The van der Waals surface area contributed by atoms with E-state index in [9.17, 15) is 4.79 Å². The molecule has 1 aliphatic heterocycles. The molecule has 1 saturated heterocycles. The predicted molar refractivity (Wildman–Crippen MR) is 76.5 cm³/mol. The fourth-order valence-electron chi connectivity index (χ4n) is 2.36. The maximum atomic E-state index is 12.0. The van der Waals surface area contributed by atoms with E-state index in [1.54, 1.807) is 0 Å². The van der Waals surface area contributed by atoms with Gasteiger partial charge in [0.15, 0.2) is 0 Å². The monoisotopic (exact) mass is 262 g/mol. The van der Waals surface area contributed by atoms with Gasteiger partial charge < -0.3 is 15.4 Å². The molecule has 1 aromatic rings. The van der Waals surface area contributed by atoms with Crippen LogP contribution in [-0.4, -0.2) is 25.1 Å². The van der Waals surface area contributed by atoms with Gasteiger partial charge in [-0.1, -0.05) is 12.5 Å². The predicted octanol–water partition coefficient (Wildman–Crippen LogP) is 2.56. The van der Waals surface area contributed by atoms with Gasteiger partial charge in [-0.2, -0.15) is 0 Å². The van der Waals surface area contributed by atoms with E-state index >= 15 is 0 Å². The number of benzene rings is 1. The Kier molecular flexibility index (Phi) is 5.21. The lowest BCUT2D eigenvalue weighted by Crippen LogP contribution is -2.36. The highest BCUT2D eigenvalue weighted by Gasteiger charge is 2.16. The van der Waals surface area contributed by atoms with Crippen LogP contribution in [0.15, 0.2) is 24.3 Å². The van der Waals surface area contributed by atoms with Crippen molar-refractivity contribution in [2.24, 2.45) is 0 Å². The molecule has 0 saturated carbocycles. The van der Waals surface area contributed by atoms with E-state index in [4.69, 9.17) is 4.74 Å². The highest BCUT2D eigenvalue weighted by molar-refractivity contribution is 5.91. The zero-order valence-electron chi connectivity index (χ0n) is 11.4. The maximum absolute atomic E-state index is 12.0. The lowest BCUT2D eigenvalue weighted by atomic mass is 10.0. The molecule has 1 amide bonds. The smallest absolute Gasteiger partial charge is 0.225 e. The van der Waals surface area contributed by atoms with Crippen LogP contribution in [0.1, 0.15) is 32.6 Å². The molecule has 1 atom stereocenters. The summed E-state index contributed by atoms with van der Waals surface area (Å²) in [5.74, 6) is 0.851. The van der Waals surface area contributed by atoms with Crippen molar-refractivity contribution in [2.45, 2.75) is 38.6 Å². The molecule has 4 nitrogen and oxygen atoms in total. The zero-order valence-corrected chi connectivity index (χ0v) is 11.4. The van der Waals surface area contributed by atoms with E-state index in [-0.39, 0.29) is 5.91 Å². The van der Waals surface area contributed by atoms with Crippen molar-refractivity contribution in [3.63, 3.8) is 0 Å². The van der Waals surface area contributed by atoms with Crippen LogP contribution in [0.25, 0.3) is 0 Å². The van der Waals surface area contributed by atoms with Crippen molar-refractivity contribution >= 4 is 11.6 Å². The quantitative estimate of drug-likeness (QED) is 0.857. The van der Waals surface area contributed by atoms with Crippen molar-refractivity contribution in [3.8, 4) is 5.75 Å². The second-order valence-electron chi connectivity index (χ2n) is 4.86. The molecule has 1 aromatic carbocycles. The zero-order chi connectivity index (χ0) is 13.5. The minimum Gasteiger partial charge on any atom is -0.494 e. The largest absolute Gasteiger partial charge is 0.494 e. The van der Waals surface area contributed by atoms with Crippen molar-refractivity contribution < 1.29 is 9.53 Å². The minimum absolute atomic E-state index is 0.0630. The van der Waals surface area contributed by atoms with Crippen LogP contribution in [-0.2, 0) is 4.79 Å². The molecule has 2 rings (SSSR count). The van der Waals surface area contributed by atoms with Crippen molar-refractivity contribution in [2.75, 3.05) is 18.5 Å². The molecule has 1 aliphatic rings.